The lowest BCUT2D eigenvalue weighted by Gasteiger charge is -2.39. The van der Waals surface area contributed by atoms with Crippen molar-refractivity contribution in [1.29, 1.82) is 0 Å². The van der Waals surface area contributed by atoms with E-state index in [2.05, 4.69) is 11.8 Å². The first-order valence-electron chi connectivity index (χ1n) is 6.04. The van der Waals surface area contributed by atoms with Crippen LogP contribution in [0.25, 0.3) is 0 Å². The van der Waals surface area contributed by atoms with Gasteiger partial charge >= 0.3 is 0 Å². The predicted octanol–water partition coefficient (Wildman–Crippen LogP) is 2.66. The van der Waals surface area contributed by atoms with E-state index in [1.165, 1.54) is 51.6 Å². The molecule has 2 aliphatic carbocycles. The first-order valence-corrected chi connectivity index (χ1v) is 6.04. The van der Waals surface area contributed by atoms with Crippen LogP contribution in [0.2, 0.25) is 0 Å². The second-order valence-corrected chi connectivity index (χ2v) is 5.71. The fraction of sp³-hybridized carbons (Fsp3) is 1.00. The van der Waals surface area contributed by atoms with Crippen molar-refractivity contribution in [3.05, 3.63) is 0 Å². The quantitative estimate of drug-likeness (QED) is 0.630. The summed E-state index contributed by atoms with van der Waals surface area (Å²) in [5.74, 6) is 2.09. The molecule has 1 heterocycles. The van der Waals surface area contributed by atoms with Gasteiger partial charge < -0.3 is 0 Å². The average molecular weight is 179 g/mol. The Morgan fingerprint density at radius 2 is 2.00 bits per heavy atom. The van der Waals surface area contributed by atoms with Gasteiger partial charge in [-0.3, -0.25) is 4.90 Å². The van der Waals surface area contributed by atoms with Gasteiger partial charge in [0, 0.05) is 12.1 Å². The van der Waals surface area contributed by atoms with Gasteiger partial charge in [-0.25, -0.2) is 0 Å². The molecule has 0 radical (unpaired) electrons. The van der Waals surface area contributed by atoms with Crippen LogP contribution in [0.3, 0.4) is 0 Å². The van der Waals surface area contributed by atoms with Gasteiger partial charge in [-0.05, 0) is 56.9 Å². The Kier molecular flexibility index (Phi) is 1.74. The zero-order valence-electron chi connectivity index (χ0n) is 8.76. The van der Waals surface area contributed by atoms with Crippen molar-refractivity contribution in [2.75, 3.05) is 13.1 Å². The standard InChI is InChI=1S/C12H21N/c1-10-4-7-13(9-11-2-3-11)12(8-10)5-6-12/h10-11H,2-9H2,1H3/t10-/m0/s1. The SMILES string of the molecule is C[C@H]1CCN(CC2CC2)C2(CC2)C1. The molecule has 0 aromatic carbocycles. The topological polar surface area (TPSA) is 3.24 Å². The molecule has 0 bridgehead atoms. The Morgan fingerprint density at radius 3 is 2.62 bits per heavy atom. The maximum Gasteiger partial charge on any atom is 0.0213 e. The highest BCUT2D eigenvalue weighted by Gasteiger charge is 2.51. The van der Waals surface area contributed by atoms with Gasteiger partial charge in [-0.2, -0.15) is 0 Å². The van der Waals surface area contributed by atoms with Crippen molar-refractivity contribution < 1.29 is 0 Å². The number of hydrogen-bond donors (Lipinski definition) is 0. The summed E-state index contributed by atoms with van der Waals surface area (Å²) in [4.78, 5) is 2.84. The van der Waals surface area contributed by atoms with Crippen molar-refractivity contribution in [3.63, 3.8) is 0 Å². The minimum absolute atomic E-state index is 0.722. The molecule has 3 rings (SSSR count). The third-order valence-electron chi connectivity index (χ3n) is 4.29. The summed E-state index contributed by atoms with van der Waals surface area (Å²) < 4.78 is 0. The Balaban J connectivity index is 1.65. The molecule has 1 nitrogen and oxygen atoms in total. The van der Waals surface area contributed by atoms with Crippen molar-refractivity contribution in [2.24, 2.45) is 11.8 Å². The first kappa shape index (κ1) is 8.28. The first-order chi connectivity index (χ1) is 6.28. The molecule has 3 fully saturated rings. The molecule has 0 aromatic rings. The van der Waals surface area contributed by atoms with Crippen LogP contribution in [0.5, 0.6) is 0 Å². The van der Waals surface area contributed by atoms with E-state index in [9.17, 15) is 0 Å². The van der Waals surface area contributed by atoms with E-state index >= 15 is 0 Å². The normalized spacial score (nSPS) is 38.1. The lowest BCUT2D eigenvalue weighted by atomic mass is 9.90. The lowest BCUT2D eigenvalue weighted by Crippen LogP contribution is -2.44. The van der Waals surface area contributed by atoms with Crippen LogP contribution in [0.4, 0.5) is 0 Å². The van der Waals surface area contributed by atoms with Gasteiger partial charge in [-0.1, -0.05) is 6.92 Å². The average Bonchev–Trinajstić information content (AvgIpc) is 2.93. The second-order valence-electron chi connectivity index (χ2n) is 5.71. The van der Waals surface area contributed by atoms with E-state index in [0.717, 1.165) is 17.4 Å². The molecule has 3 aliphatic rings. The highest BCUT2D eigenvalue weighted by Crippen LogP contribution is 2.51. The Morgan fingerprint density at radius 1 is 1.23 bits per heavy atom. The monoisotopic (exact) mass is 179 g/mol. The number of likely N-dealkylation sites (tertiary alicyclic amines) is 1. The molecule has 0 N–H and O–H groups in total. The maximum absolute atomic E-state index is 2.84. The Hall–Kier alpha value is -0.0400. The maximum atomic E-state index is 2.84. The smallest absolute Gasteiger partial charge is 0.0213 e. The molecule has 0 amide bonds. The van der Waals surface area contributed by atoms with Crippen LogP contribution in [0, 0.1) is 11.8 Å². The molecular formula is C12H21N. The van der Waals surface area contributed by atoms with Gasteiger partial charge in [0.25, 0.3) is 0 Å². The van der Waals surface area contributed by atoms with Crippen molar-refractivity contribution in [3.8, 4) is 0 Å². The van der Waals surface area contributed by atoms with Crippen molar-refractivity contribution in [2.45, 2.75) is 51.0 Å². The molecule has 13 heavy (non-hydrogen) atoms. The van der Waals surface area contributed by atoms with Crippen LogP contribution >= 0.6 is 0 Å². The zero-order valence-corrected chi connectivity index (χ0v) is 8.76. The summed E-state index contributed by atoms with van der Waals surface area (Å²) in [7, 11) is 0. The van der Waals surface area contributed by atoms with Crippen LogP contribution in [-0.4, -0.2) is 23.5 Å². The van der Waals surface area contributed by atoms with E-state index in [0.29, 0.717) is 0 Å². The number of rotatable bonds is 2. The van der Waals surface area contributed by atoms with Crippen LogP contribution in [0.15, 0.2) is 0 Å². The fourth-order valence-electron chi connectivity index (χ4n) is 3.05. The lowest BCUT2D eigenvalue weighted by molar-refractivity contribution is 0.0945. The largest absolute Gasteiger partial charge is 0.297 e. The van der Waals surface area contributed by atoms with Gasteiger partial charge in [0.2, 0.25) is 0 Å². The number of nitrogens with zero attached hydrogens (tertiary/aromatic N) is 1. The van der Waals surface area contributed by atoms with E-state index in [-0.39, 0.29) is 0 Å². The summed E-state index contributed by atoms with van der Waals surface area (Å²) in [6.07, 6.45) is 8.99. The summed E-state index contributed by atoms with van der Waals surface area (Å²) in [5.41, 5.74) is 0.722. The Bertz CT molecular complexity index is 203. The van der Waals surface area contributed by atoms with Crippen LogP contribution in [0.1, 0.15) is 45.4 Å². The molecule has 0 unspecified atom stereocenters. The molecule has 1 heteroatoms. The summed E-state index contributed by atoms with van der Waals surface area (Å²) in [5, 5.41) is 0. The third-order valence-corrected chi connectivity index (χ3v) is 4.29. The molecule has 1 spiro atoms. The second kappa shape index (κ2) is 2.73. The number of hydrogen-bond acceptors (Lipinski definition) is 1. The predicted molar refractivity (Wildman–Crippen MR) is 54.7 cm³/mol. The molecule has 1 aliphatic heterocycles. The summed E-state index contributed by atoms with van der Waals surface area (Å²) in [6.45, 7) is 5.28. The molecule has 0 aromatic heterocycles. The number of piperidine rings is 1. The zero-order chi connectivity index (χ0) is 8.89. The van der Waals surface area contributed by atoms with Gasteiger partial charge in [-0.15, -0.1) is 0 Å². The summed E-state index contributed by atoms with van der Waals surface area (Å²) >= 11 is 0. The van der Waals surface area contributed by atoms with Crippen molar-refractivity contribution in [1.82, 2.24) is 4.90 Å². The van der Waals surface area contributed by atoms with E-state index < -0.39 is 0 Å². The highest BCUT2D eigenvalue weighted by molar-refractivity contribution is 5.07. The van der Waals surface area contributed by atoms with Gasteiger partial charge in [0.15, 0.2) is 0 Å². The highest BCUT2D eigenvalue weighted by atomic mass is 15.2. The van der Waals surface area contributed by atoms with E-state index in [4.69, 9.17) is 0 Å². The molecule has 1 saturated heterocycles. The fourth-order valence-corrected chi connectivity index (χ4v) is 3.05. The van der Waals surface area contributed by atoms with Gasteiger partial charge in [0.1, 0.15) is 0 Å². The molecule has 1 atom stereocenters. The third kappa shape index (κ3) is 1.52. The minimum Gasteiger partial charge on any atom is -0.297 e. The van der Waals surface area contributed by atoms with Gasteiger partial charge in [0.05, 0.1) is 0 Å². The molecule has 74 valence electrons. The molecular weight excluding hydrogens is 158 g/mol. The minimum atomic E-state index is 0.722. The van der Waals surface area contributed by atoms with Crippen molar-refractivity contribution >= 4 is 0 Å². The van der Waals surface area contributed by atoms with E-state index in [1.54, 1.807) is 0 Å². The van der Waals surface area contributed by atoms with Crippen LogP contribution < -0.4 is 0 Å². The summed E-state index contributed by atoms with van der Waals surface area (Å²) in [6, 6.07) is 0. The van der Waals surface area contributed by atoms with Crippen LogP contribution in [-0.2, 0) is 0 Å². The van der Waals surface area contributed by atoms with E-state index in [1.807, 2.05) is 0 Å². The Labute approximate surface area is 81.5 Å². The molecule has 2 saturated carbocycles.